The lowest BCUT2D eigenvalue weighted by molar-refractivity contribution is -0.344. The molecule has 2 saturated heterocycles. The molecule has 5 N–H and O–H groups in total. The molecular formula is C24H28O11. The lowest BCUT2D eigenvalue weighted by Crippen LogP contribution is -2.60. The number of rotatable bonds is 7. The molecule has 1 saturated carbocycles. The Morgan fingerprint density at radius 1 is 1.03 bits per heavy atom. The maximum Gasteiger partial charge on any atom is 0.330 e. The largest absolute Gasteiger partial charge is 0.472 e. The van der Waals surface area contributed by atoms with E-state index in [9.17, 15) is 30.3 Å². The van der Waals surface area contributed by atoms with E-state index in [1.807, 2.05) is 30.3 Å². The summed E-state index contributed by atoms with van der Waals surface area (Å²) in [6.07, 6.45) is -4.06. The number of benzene rings is 1. The molecular weight excluding hydrogens is 464 g/mol. The smallest absolute Gasteiger partial charge is 0.330 e. The van der Waals surface area contributed by atoms with Crippen LogP contribution in [0.3, 0.4) is 0 Å². The topological polar surface area (TPSA) is 168 Å². The van der Waals surface area contributed by atoms with E-state index in [4.69, 9.17) is 23.7 Å². The number of aliphatic hydroxyl groups is 5. The SMILES string of the molecule is O=C(/C=C/c1ccccc1)OC[C@]12O[C@H]1[C@@H](O)[C@@H]1C=CO[C@@H](O[C@H]3O[C@H](CO)[C@H](O)[C@H](O)[C@H]3O)[C@H]12. The van der Waals surface area contributed by atoms with Gasteiger partial charge >= 0.3 is 5.97 Å². The van der Waals surface area contributed by atoms with Gasteiger partial charge in [0.15, 0.2) is 6.29 Å². The molecule has 0 amide bonds. The standard InChI is InChI=1S/C24H28O11/c25-10-14-18(28)19(29)20(30)23(33-14)34-22-16-13(8-9-31-22)17(27)21-24(16,35-21)11-32-15(26)7-6-12-4-2-1-3-5-12/h1-9,13-14,16-23,25,27-30H,10-11H2/b7-6+/t13-,14-,16+,17+,18+,19+,20-,21+,22+,23-,24-/m1/s1. The molecule has 11 nitrogen and oxygen atoms in total. The molecule has 0 bridgehead atoms. The second kappa shape index (κ2) is 9.60. The van der Waals surface area contributed by atoms with Gasteiger partial charge < -0.3 is 49.2 Å². The van der Waals surface area contributed by atoms with Crippen LogP contribution in [0.1, 0.15) is 5.56 Å². The molecule has 4 aliphatic rings. The number of esters is 1. The molecule has 1 aliphatic carbocycles. The molecule has 0 spiro atoms. The van der Waals surface area contributed by atoms with Gasteiger partial charge in [-0.15, -0.1) is 0 Å². The number of aliphatic hydroxyl groups excluding tert-OH is 5. The Kier molecular flexibility index (Phi) is 6.68. The summed E-state index contributed by atoms with van der Waals surface area (Å²) >= 11 is 0. The van der Waals surface area contributed by atoms with Crippen LogP contribution in [-0.4, -0.2) is 99.5 Å². The quantitative estimate of drug-likeness (QED) is 0.174. The number of hydrogen-bond acceptors (Lipinski definition) is 11. The summed E-state index contributed by atoms with van der Waals surface area (Å²) in [5, 5.41) is 50.5. The third-order valence-corrected chi connectivity index (χ3v) is 7.03. The number of hydrogen-bond donors (Lipinski definition) is 5. The van der Waals surface area contributed by atoms with E-state index in [0.717, 1.165) is 5.56 Å². The van der Waals surface area contributed by atoms with Crippen LogP contribution in [0.15, 0.2) is 48.7 Å². The van der Waals surface area contributed by atoms with Gasteiger partial charge in [-0.1, -0.05) is 30.3 Å². The predicted octanol–water partition coefficient (Wildman–Crippen LogP) is -1.33. The van der Waals surface area contributed by atoms with E-state index in [1.54, 1.807) is 12.2 Å². The molecule has 11 heteroatoms. The Hall–Kier alpha value is -2.35. The fourth-order valence-electron chi connectivity index (χ4n) is 5.11. The van der Waals surface area contributed by atoms with Crippen molar-refractivity contribution >= 4 is 12.0 Å². The van der Waals surface area contributed by atoms with Gasteiger partial charge in [0.1, 0.15) is 42.7 Å². The van der Waals surface area contributed by atoms with Gasteiger partial charge in [-0.2, -0.15) is 0 Å². The summed E-state index contributed by atoms with van der Waals surface area (Å²) in [6.45, 7) is -0.776. The highest BCUT2D eigenvalue weighted by Gasteiger charge is 2.76. The molecule has 190 valence electrons. The average molecular weight is 492 g/mol. The fraction of sp³-hybridized carbons (Fsp3) is 0.542. The zero-order chi connectivity index (χ0) is 24.7. The molecule has 0 radical (unpaired) electrons. The summed E-state index contributed by atoms with van der Waals surface area (Å²) in [5.41, 5.74) is -0.248. The van der Waals surface area contributed by atoms with Crippen LogP contribution in [0, 0.1) is 11.8 Å². The number of carbonyl (C=O) groups is 1. The number of ether oxygens (including phenoxy) is 5. The van der Waals surface area contributed by atoms with Crippen molar-refractivity contribution in [3.8, 4) is 0 Å². The summed E-state index contributed by atoms with van der Waals surface area (Å²) in [6, 6.07) is 9.24. The Morgan fingerprint density at radius 2 is 1.80 bits per heavy atom. The lowest BCUT2D eigenvalue weighted by atomic mass is 9.85. The minimum Gasteiger partial charge on any atom is -0.472 e. The Balaban J connectivity index is 1.28. The maximum absolute atomic E-state index is 12.3. The Morgan fingerprint density at radius 3 is 2.54 bits per heavy atom. The van der Waals surface area contributed by atoms with Gasteiger partial charge in [-0.25, -0.2) is 4.79 Å². The second-order valence-corrected chi connectivity index (χ2v) is 9.11. The van der Waals surface area contributed by atoms with Gasteiger partial charge in [0.25, 0.3) is 0 Å². The van der Waals surface area contributed by atoms with Gasteiger partial charge in [0, 0.05) is 12.0 Å². The van der Waals surface area contributed by atoms with Gasteiger partial charge in [-0.05, 0) is 17.7 Å². The summed E-state index contributed by atoms with van der Waals surface area (Å²) in [4.78, 5) is 12.3. The normalized spacial score (nSPS) is 43.9. The van der Waals surface area contributed by atoms with Crippen molar-refractivity contribution in [1.29, 1.82) is 0 Å². The van der Waals surface area contributed by atoms with Crippen LogP contribution >= 0.6 is 0 Å². The van der Waals surface area contributed by atoms with Gasteiger partial charge in [-0.3, -0.25) is 0 Å². The van der Waals surface area contributed by atoms with Crippen LogP contribution < -0.4 is 0 Å². The van der Waals surface area contributed by atoms with Crippen molar-refractivity contribution in [2.24, 2.45) is 11.8 Å². The third-order valence-electron chi connectivity index (χ3n) is 7.03. The van der Waals surface area contributed by atoms with Crippen LogP contribution in [0.5, 0.6) is 0 Å². The van der Waals surface area contributed by atoms with Crippen molar-refractivity contribution in [3.63, 3.8) is 0 Å². The van der Waals surface area contributed by atoms with Crippen LogP contribution in [0.2, 0.25) is 0 Å². The van der Waals surface area contributed by atoms with Gasteiger partial charge in [0.2, 0.25) is 6.29 Å². The first-order chi connectivity index (χ1) is 16.9. The van der Waals surface area contributed by atoms with Crippen LogP contribution in [0.25, 0.3) is 6.08 Å². The molecule has 1 aromatic rings. The molecule has 0 unspecified atom stereocenters. The summed E-state index contributed by atoms with van der Waals surface area (Å²) in [7, 11) is 0. The first kappa shape index (κ1) is 24.3. The fourth-order valence-corrected chi connectivity index (χ4v) is 5.11. The first-order valence-electron chi connectivity index (χ1n) is 11.4. The van der Waals surface area contributed by atoms with Crippen molar-refractivity contribution in [2.75, 3.05) is 13.2 Å². The molecule has 11 atom stereocenters. The third kappa shape index (κ3) is 4.39. The monoisotopic (exact) mass is 492 g/mol. The Bertz CT molecular complexity index is 965. The second-order valence-electron chi connectivity index (χ2n) is 9.11. The average Bonchev–Trinajstić information content (AvgIpc) is 3.56. The van der Waals surface area contributed by atoms with Crippen molar-refractivity contribution in [1.82, 2.24) is 0 Å². The minimum absolute atomic E-state index is 0.167. The molecule has 3 heterocycles. The number of fused-ring (bicyclic) bond motifs is 3. The van der Waals surface area contributed by atoms with Crippen molar-refractivity contribution in [3.05, 3.63) is 54.3 Å². The van der Waals surface area contributed by atoms with E-state index in [-0.39, 0.29) is 6.61 Å². The number of carbonyl (C=O) groups excluding carboxylic acids is 1. The molecule has 3 fully saturated rings. The minimum atomic E-state index is -1.63. The highest BCUT2D eigenvalue weighted by Crippen LogP contribution is 2.60. The zero-order valence-electron chi connectivity index (χ0n) is 18.6. The maximum atomic E-state index is 12.3. The summed E-state index contributed by atoms with van der Waals surface area (Å²) in [5.74, 6) is -1.67. The molecule has 0 aromatic heterocycles. The van der Waals surface area contributed by atoms with Gasteiger partial charge in [0.05, 0.1) is 24.9 Å². The molecule has 5 rings (SSSR count). The first-order valence-corrected chi connectivity index (χ1v) is 11.4. The highest BCUT2D eigenvalue weighted by atomic mass is 16.8. The molecule has 3 aliphatic heterocycles. The predicted molar refractivity (Wildman–Crippen MR) is 116 cm³/mol. The van der Waals surface area contributed by atoms with E-state index >= 15 is 0 Å². The van der Waals surface area contributed by atoms with E-state index < -0.39 is 79.2 Å². The van der Waals surface area contributed by atoms with Crippen LogP contribution in [0.4, 0.5) is 0 Å². The molecule has 1 aromatic carbocycles. The van der Waals surface area contributed by atoms with E-state index in [1.165, 1.54) is 12.3 Å². The number of epoxide rings is 1. The van der Waals surface area contributed by atoms with Crippen molar-refractivity contribution < 1.29 is 54.0 Å². The van der Waals surface area contributed by atoms with Crippen molar-refractivity contribution in [2.45, 2.75) is 54.8 Å². The lowest BCUT2D eigenvalue weighted by Gasteiger charge is -2.43. The van der Waals surface area contributed by atoms with E-state index in [0.29, 0.717) is 0 Å². The highest BCUT2D eigenvalue weighted by molar-refractivity contribution is 5.87. The van der Waals surface area contributed by atoms with Crippen LogP contribution in [-0.2, 0) is 28.5 Å². The summed E-state index contributed by atoms with van der Waals surface area (Å²) < 4.78 is 28.1. The Labute approximate surface area is 200 Å². The zero-order valence-corrected chi connectivity index (χ0v) is 18.6. The van der Waals surface area contributed by atoms with E-state index in [2.05, 4.69) is 0 Å². The molecule has 35 heavy (non-hydrogen) atoms.